The fraction of sp³-hybridized carbons (Fsp3) is 0.600. The van der Waals surface area contributed by atoms with Crippen molar-refractivity contribution in [2.24, 2.45) is 17.8 Å². The average Bonchev–Trinajstić information content (AvgIpc) is 3.07. The van der Waals surface area contributed by atoms with Gasteiger partial charge in [0, 0.05) is 18.7 Å². The number of nitro groups is 1. The summed E-state index contributed by atoms with van der Waals surface area (Å²) in [7, 11) is -3.61. The molecule has 0 radical (unpaired) electrons. The van der Waals surface area contributed by atoms with Crippen LogP contribution in [0, 0.1) is 34.8 Å². The molecule has 0 spiro atoms. The van der Waals surface area contributed by atoms with Gasteiger partial charge in [0.1, 0.15) is 0 Å². The summed E-state index contributed by atoms with van der Waals surface area (Å²) < 4.78 is 27.5. The quantitative estimate of drug-likeness (QED) is 0.666. The summed E-state index contributed by atoms with van der Waals surface area (Å²) in [6.07, 6.45) is 4.86. The van der Waals surface area contributed by atoms with Gasteiger partial charge < -0.3 is 0 Å². The number of nitrogens with zero attached hydrogens (tertiary/aromatic N) is 1. The Hall–Kier alpha value is -1.47. The fourth-order valence-electron chi connectivity index (χ4n) is 3.97. The Morgan fingerprint density at radius 3 is 2.64 bits per heavy atom. The highest BCUT2D eigenvalue weighted by molar-refractivity contribution is 7.89. The topological polar surface area (TPSA) is 89.3 Å². The zero-order chi connectivity index (χ0) is 15.9. The van der Waals surface area contributed by atoms with Crippen molar-refractivity contribution in [2.45, 2.75) is 37.5 Å². The Bertz CT molecular complexity index is 701. The zero-order valence-electron chi connectivity index (χ0n) is 12.5. The predicted octanol–water partition coefficient (Wildman–Crippen LogP) is 2.62. The van der Waals surface area contributed by atoms with E-state index >= 15 is 0 Å². The van der Waals surface area contributed by atoms with Crippen molar-refractivity contribution in [1.82, 2.24) is 4.72 Å². The molecule has 2 saturated carbocycles. The maximum Gasteiger partial charge on any atom is 0.269 e. The lowest BCUT2D eigenvalue weighted by atomic mass is 9.89. The van der Waals surface area contributed by atoms with E-state index in [0.717, 1.165) is 12.3 Å². The number of nitrogens with one attached hydrogen (secondary N) is 1. The normalized spacial score (nSPS) is 27.2. The Morgan fingerprint density at radius 1 is 1.32 bits per heavy atom. The first-order valence-corrected chi connectivity index (χ1v) is 9.10. The molecule has 0 aliphatic heterocycles. The summed E-state index contributed by atoms with van der Waals surface area (Å²) in [5.41, 5.74) is 0.305. The average molecular weight is 324 g/mol. The Balaban J connectivity index is 1.71. The van der Waals surface area contributed by atoms with Crippen LogP contribution < -0.4 is 4.72 Å². The van der Waals surface area contributed by atoms with Crippen LogP contribution >= 0.6 is 0 Å². The number of sulfonamides is 1. The molecule has 0 aromatic heterocycles. The number of benzene rings is 1. The summed E-state index contributed by atoms with van der Waals surface area (Å²) in [4.78, 5) is 10.3. The first kappa shape index (κ1) is 15.4. The lowest BCUT2D eigenvalue weighted by Gasteiger charge is -2.22. The van der Waals surface area contributed by atoms with Gasteiger partial charge in [0.15, 0.2) is 0 Å². The van der Waals surface area contributed by atoms with E-state index in [0.29, 0.717) is 23.9 Å². The Morgan fingerprint density at radius 2 is 2.09 bits per heavy atom. The monoisotopic (exact) mass is 324 g/mol. The van der Waals surface area contributed by atoms with E-state index < -0.39 is 14.9 Å². The molecule has 7 heteroatoms. The molecule has 3 unspecified atom stereocenters. The van der Waals surface area contributed by atoms with Crippen LogP contribution in [0.4, 0.5) is 5.69 Å². The Kier molecular flexibility index (Phi) is 3.94. The van der Waals surface area contributed by atoms with Gasteiger partial charge in [-0.25, -0.2) is 13.1 Å². The number of aryl methyl sites for hydroxylation is 1. The molecule has 2 aliphatic carbocycles. The molecule has 0 saturated heterocycles. The van der Waals surface area contributed by atoms with E-state index in [1.54, 1.807) is 6.92 Å². The second-order valence-corrected chi connectivity index (χ2v) is 8.23. The van der Waals surface area contributed by atoms with Crippen LogP contribution in [0.15, 0.2) is 23.1 Å². The van der Waals surface area contributed by atoms with Gasteiger partial charge in [-0.1, -0.05) is 6.42 Å². The minimum Gasteiger partial charge on any atom is -0.258 e. The van der Waals surface area contributed by atoms with Crippen molar-refractivity contribution in [3.8, 4) is 0 Å². The van der Waals surface area contributed by atoms with Gasteiger partial charge in [0.25, 0.3) is 5.69 Å². The van der Waals surface area contributed by atoms with E-state index in [9.17, 15) is 18.5 Å². The molecule has 1 aromatic carbocycles. The second kappa shape index (κ2) is 5.62. The smallest absolute Gasteiger partial charge is 0.258 e. The lowest BCUT2D eigenvalue weighted by Crippen LogP contribution is -2.32. The molecule has 22 heavy (non-hydrogen) atoms. The zero-order valence-corrected chi connectivity index (χ0v) is 13.3. The van der Waals surface area contributed by atoms with Crippen LogP contribution in [0.1, 0.15) is 31.2 Å². The van der Waals surface area contributed by atoms with Gasteiger partial charge in [0.05, 0.1) is 9.82 Å². The van der Waals surface area contributed by atoms with Gasteiger partial charge in [0.2, 0.25) is 10.0 Å². The molecular weight excluding hydrogens is 304 g/mol. The fourth-order valence-corrected chi connectivity index (χ4v) is 5.29. The van der Waals surface area contributed by atoms with Crippen molar-refractivity contribution < 1.29 is 13.3 Å². The SMILES string of the molecule is Cc1cc([N+](=O)[O-])ccc1S(=O)(=O)NCC1CC2CCC1C2. The summed E-state index contributed by atoms with van der Waals surface area (Å²) in [6, 6.07) is 3.85. The van der Waals surface area contributed by atoms with Crippen LogP contribution in [0.2, 0.25) is 0 Å². The summed E-state index contributed by atoms with van der Waals surface area (Å²) in [5.74, 6) is 1.87. The third-order valence-corrected chi connectivity index (χ3v) is 6.66. The third-order valence-electron chi connectivity index (χ3n) is 5.08. The largest absolute Gasteiger partial charge is 0.269 e. The molecular formula is C15H20N2O4S. The minimum atomic E-state index is -3.61. The van der Waals surface area contributed by atoms with Crippen LogP contribution in [-0.2, 0) is 10.0 Å². The molecule has 2 aliphatic rings. The molecule has 2 fully saturated rings. The molecule has 2 bridgehead atoms. The van der Waals surface area contributed by atoms with Gasteiger partial charge in [-0.2, -0.15) is 0 Å². The predicted molar refractivity (Wildman–Crippen MR) is 82.0 cm³/mol. The molecule has 1 aromatic rings. The van der Waals surface area contributed by atoms with E-state index in [1.807, 2.05) is 0 Å². The van der Waals surface area contributed by atoms with E-state index in [2.05, 4.69) is 4.72 Å². The summed E-state index contributed by atoms with van der Waals surface area (Å²) >= 11 is 0. The summed E-state index contributed by atoms with van der Waals surface area (Å²) in [5, 5.41) is 10.7. The third kappa shape index (κ3) is 2.87. The van der Waals surface area contributed by atoms with Crippen molar-refractivity contribution in [3.63, 3.8) is 0 Å². The molecule has 1 N–H and O–H groups in total. The standard InChI is InChI=1S/C15H20N2O4S/c1-10-6-14(17(18)19)4-5-15(10)22(20,21)16-9-13-8-11-2-3-12(13)7-11/h4-6,11-13,16H,2-3,7-9H2,1H3. The highest BCUT2D eigenvalue weighted by Gasteiger charge is 2.39. The number of non-ortho nitro benzene ring substituents is 1. The molecule has 3 atom stereocenters. The number of hydrogen-bond donors (Lipinski definition) is 1. The number of rotatable bonds is 5. The maximum atomic E-state index is 12.4. The number of nitro benzene ring substituents is 1. The maximum absolute atomic E-state index is 12.4. The first-order valence-electron chi connectivity index (χ1n) is 7.61. The minimum absolute atomic E-state index is 0.0930. The van der Waals surface area contributed by atoms with Gasteiger partial charge in [-0.3, -0.25) is 10.1 Å². The van der Waals surface area contributed by atoms with Gasteiger partial charge in [-0.05, 0) is 55.6 Å². The first-order chi connectivity index (χ1) is 10.4. The van der Waals surface area contributed by atoms with Crippen molar-refractivity contribution in [1.29, 1.82) is 0 Å². The molecule has 6 nitrogen and oxygen atoms in total. The van der Waals surface area contributed by atoms with E-state index in [1.165, 1.54) is 37.5 Å². The highest BCUT2D eigenvalue weighted by Crippen LogP contribution is 2.48. The van der Waals surface area contributed by atoms with E-state index in [4.69, 9.17) is 0 Å². The van der Waals surface area contributed by atoms with Crippen molar-refractivity contribution in [2.75, 3.05) is 6.54 Å². The van der Waals surface area contributed by atoms with Crippen LogP contribution in [0.5, 0.6) is 0 Å². The van der Waals surface area contributed by atoms with Crippen LogP contribution in [0.25, 0.3) is 0 Å². The second-order valence-electron chi connectivity index (χ2n) is 6.49. The molecule has 120 valence electrons. The van der Waals surface area contributed by atoms with E-state index in [-0.39, 0.29) is 10.6 Å². The van der Waals surface area contributed by atoms with Crippen molar-refractivity contribution in [3.05, 3.63) is 33.9 Å². The lowest BCUT2D eigenvalue weighted by molar-refractivity contribution is -0.385. The number of hydrogen-bond acceptors (Lipinski definition) is 4. The molecule has 0 heterocycles. The van der Waals surface area contributed by atoms with Gasteiger partial charge in [-0.15, -0.1) is 0 Å². The van der Waals surface area contributed by atoms with Crippen LogP contribution in [0.3, 0.4) is 0 Å². The Labute approximate surface area is 130 Å². The van der Waals surface area contributed by atoms with Gasteiger partial charge >= 0.3 is 0 Å². The number of fused-ring (bicyclic) bond motifs is 2. The highest BCUT2D eigenvalue weighted by atomic mass is 32.2. The summed E-state index contributed by atoms with van der Waals surface area (Å²) in [6.45, 7) is 2.05. The molecule has 0 amide bonds. The molecule has 3 rings (SSSR count). The van der Waals surface area contributed by atoms with Crippen molar-refractivity contribution >= 4 is 15.7 Å². The van der Waals surface area contributed by atoms with Crippen LogP contribution in [-0.4, -0.2) is 19.9 Å².